The van der Waals surface area contributed by atoms with Gasteiger partial charge in [0.25, 0.3) is 0 Å². The summed E-state index contributed by atoms with van der Waals surface area (Å²) in [4.78, 5) is 2.89. The minimum Gasteiger partial charge on any atom is -0.496 e. The van der Waals surface area contributed by atoms with Gasteiger partial charge in [0, 0.05) is 13.1 Å². The van der Waals surface area contributed by atoms with Crippen molar-refractivity contribution >= 4 is 17.2 Å². The van der Waals surface area contributed by atoms with Crippen molar-refractivity contribution < 1.29 is 4.74 Å². The number of thiocarbonyl (C=S) groups is 1. The zero-order valence-electron chi connectivity index (χ0n) is 12.4. The van der Waals surface area contributed by atoms with E-state index in [2.05, 4.69) is 24.0 Å². The molecule has 0 aromatic heterocycles. The molecule has 110 valence electrons. The van der Waals surface area contributed by atoms with Gasteiger partial charge in [-0.2, -0.15) is 0 Å². The van der Waals surface area contributed by atoms with Crippen molar-refractivity contribution in [3.63, 3.8) is 0 Å². The number of nitrogens with two attached hydrogens (primary N) is 1. The van der Waals surface area contributed by atoms with Gasteiger partial charge in [-0.05, 0) is 43.0 Å². The van der Waals surface area contributed by atoms with E-state index in [1.165, 1.54) is 31.4 Å². The molecule has 1 fully saturated rings. The molecule has 0 spiro atoms. The molecule has 0 bridgehead atoms. The van der Waals surface area contributed by atoms with Gasteiger partial charge in [0.15, 0.2) is 0 Å². The number of ether oxygens (including phenoxy) is 1. The Bertz CT molecular complexity index is 472. The molecule has 0 aliphatic heterocycles. The monoisotopic (exact) mass is 292 g/mol. The first-order valence-corrected chi connectivity index (χ1v) is 7.74. The molecule has 0 atom stereocenters. The van der Waals surface area contributed by atoms with E-state index >= 15 is 0 Å². The van der Waals surface area contributed by atoms with Gasteiger partial charge in [-0.25, -0.2) is 0 Å². The van der Waals surface area contributed by atoms with Crippen LogP contribution in [-0.4, -0.2) is 30.1 Å². The summed E-state index contributed by atoms with van der Waals surface area (Å²) in [5, 5.41) is 0. The predicted octanol–water partition coefficient (Wildman–Crippen LogP) is 2.95. The average molecular weight is 292 g/mol. The molecule has 1 aliphatic rings. The van der Waals surface area contributed by atoms with E-state index < -0.39 is 0 Å². The quantitative estimate of drug-likeness (QED) is 0.784. The van der Waals surface area contributed by atoms with Crippen molar-refractivity contribution in [2.45, 2.75) is 32.7 Å². The highest BCUT2D eigenvalue weighted by Crippen LogP contribution is 2.28. The van der Waals surface area contributed by atoms with E-state index in [1.54, 1.807) is 7.11 Å². The average Bonchev–Trinajstić information content (AvgIpc) is 2.41. The van der Waals surface area contributed by atoms with E-state index in [1.807, 2.05) is 6.07 Å². The fourth-order valence-corrected chi connectivity index (χ4v) is 2.81. The van der Waals surface area contributed by atoms with E-state index in [0.29, 0.717) is 4.99 Å². The van der Waals surface area contributed by atoms with Gasteiger partial charge in [-0.1, -0.05) is 31.6 Å². The molecule has 3 nitrogen and oxygen atoms in total. The van der Waals surface area contributed by atoms with Gasteiger partial charge in [-0.3, -0.25) is 4.90 Å². The second-order valence-corrected chi connectivity index (χ2v) is 5.96. The number of benzene rings is 1. The normalized spacial score (nSPS) is 15.2. The molecular weight excluding hydrogens is 268 g/mol. The summed E-state index contributed by atoms with van der Waals surface area (Å²) < 4.78 is 5.30. The summed E-state index contributed by atoms with van der Waals surface area (Å²) in [6.07, 6.45) is 4.17. The van der Waals surface area contributed by atoms with E-state index in [9.17, 15) is 0 Å². The van der Waals surface area contributed by atoms with E-state index in [4.69, 9.17) is 22.7 Å². The van der Waals surface area contributed by atoms with Crippen LogP contribution in [0.2, 0.25) is 0 Å². The largest absolute Gasteiger partial charge is 0.496 e. The zero-order valence-corrected chi connectivity index (χ0v) is 13.2. The highest BCUT2D eigenvalue weighted by molar-refractivity contribution is 7.80. The number of hydrogen-bond acceptors (Lipinski definition) is 3. The Morgan fingerprint density at radius 2 is 2.20 bits per heavy atom. The molecule has 1 aromatic carbocycles. The minimum absolute atomic E-state index is 0.394. The smallest absolute Gasteiger partial charge is 0.129 e. The third-order valence-electron chi connectivity index (χ3n) is 4.12. The van der Waals surface area contributed by atoms with Gasteiger partial charge < -0.3 is 10.5 Å². The van der Waals surface area contributed by atoms with Gasteiger partial charge in [-0.15, -0.1) is 0 Å². The first-order chi connectivity index (χ1) is 9.63. The summed E-state index contributed by atoms with van der Waals surface area (Å²) in [7, 11) is 1.64. The molecule has 20 heavy (non-hydrogen) atoms. The van der Waals surface area contributed by atoms with Crippen LogP contribution in [0, 0.1) is 5.92 Å². The van der Waals surface area contributed by atoms with Crippen molar-refractivity contribution in [2.75, 3.05) is 20.2 Å². The maximum atomic E-state index is 5.77. The second kappa shape index (κ2) is 7.04. The lowest BCUT2D eigenvalue weighted by molar-refractivity contribution is 0.178. The van der Waals surface area contributed by atoms with Crippen molar-refractivity contribution in [2.24, 2.45) is 11.7 Å². The van der Waals surface area contributed by atoms with Gasteiger partial charge in [0.2, 0.25) is 0 Å². The maximum absolute atomic E-state index is 5.77. The van der Waals surface area contributed by atoms with Crippen molar-refractivity contribution in [1.29, 1.82) is 0 Å². The fraction of sp³-hybridized carbons (Fsp3) is 0.562. The topological polar surface area (TPSA) is 38.5 Å². The summed E-state index contributed by atoms with van der Waals surface area (Å²) in [6.45, 7) is 5.44. The van der Waals surface area contributed by atoms with Crippen LogP contribution >= 0.6 is 12.2 Å². The van der Waals surface area contributed by atoms with Gasteiger partial charge in [0.05, 0.1) is 12.7 Å². The molecule has 2 rings (SSSR count). The van der Waals surface area contributed by atoms with E-state index in [0.717, 1.165) is 30.3 Å². The highest BCUT2D eigenvalue weighted by Gasteiger charge is 2.20. The molecule has 0 saturated heterocycles. The third-order valence-corrected chi connectivity index (χ3v) is 4.34. The number of rotatable bonds is 7. The number of hydrogen-bond donors (Lipinski definition) is 1. The molecular formula is C16H24N2OS. The van der Waals surface area contributed by atoms with Crippen LogP contribution < -0.4 is 10.5 Å². The molecule has 0 radical (unpaired) electrons. The van der Waals surface area contributed by atoms with Crippen LogP contribution in [0.15, 0.2) is 18.2 Å². The fourth-order valence-electron chi connectivity index (χ4n) is 2.65. The Kier molecular flexibility index (Phi) is 5.38. The van der Waals surface area contributed by atoms with Crippen LogP contribution in [0.4, 0.5) is 0 Å². The molecule has 1 aliphatic carbocycles. The van der Waals surface area contributed by atoms with Gasteiger partial charge in [0.1, 0.15) is 10.7 Å². The van der Waals surface area contributed by atoms with Gasteiger partial charge >= 0.3 is 0 Å². The first kappa shape index (κ1) is 15.3. The third kappa shape index (κ3) is 3.70. The number of methoxy groups -OCH3 is 1. The molecule has 1 saturated carbocycles. The van der Waals surface area contributed by atoms with Crippen molar-refractivity contribution in [3.8, 4) is 5.75 Å². The SMILES string of the molecule is CCN(Cc1ccc(OC)c(C(N)=S)c1)CC1CCC1. The molecule has 0 amide bonds. The Balaban J connectivity index is 2.07. The van der Waals surface area contributed by atoms with Crippen LogP contribution in [0.5, 0.6) is 5.75 Å². The summed E-state index contributed by atoms with van der Waals surface area (Å²) >= 11 is 5.10. The Morgan fingerprint density at radius 1 is 1.45 bits per heavy atom. The Labute approximate surface area is 127 Å². The molecule has 0 heterocycles. The van der Waals surface area contributed by atoms with Crippen LogP contribution in [0.3, 0.4) is 0 Å². The minimum atomic E-state index is 0.394. The lowest BCUT2D eigenvalue weighted by Gasteiger charge is -2.31. The standard InChI is InChI=1S/C16H24N2OS/c1-3-18(10-12-5-4-6-12)11-13-7-8-15(19-2)14(9-13)16(17)20/h7-9,12H,3-6,10-11H2,1-2H3,(H2,17,20). The summed E-state index contributed by atoms with van der Waals surface area (Å²) in [5.74, 6) is 1.64. The second-order valence-electron chi connectivity index (χ2n) is 5.52. The Morgan fingerprint density at radius 3 is 2.70 bits per heavy atom. The zero-order chi connectivity index (χ0) is 14.5. The lowest BCUT2D eigenvalue weighted by atomic mass is 9.85. The molecule has 4 heteroatoms. The molecule has 2 N–H and O–H groups in total. The first-order valence-electron chi connectivity index (χ1n) is 7.33. The maximum Gasteiger partial charge on any atom is 0.129 e. The van der Waals surface area contributed by atoms with Crippen LogP contribution in [-0.2, 0) is 6.54 Å². The van der Waals surface area contributed by atoms with Crippen molar-refractivity contribution in [1.82, 2.24) is 4.90 Å². The molecule has 0 unspecified atom stereocenters. The van der Waals surface area contributed by atoms with Crippen molar-refractivity contribution in [3.05, 3.63) is 29.3 Å². The summed E-state index contributed by atoms with van der Waals surface area (Å²) in [5.41, 5.74) is 7.85. The lowest BCUT2D eigenvalue weighted by Crippen LogP contribution is -2.32. The van der Waals surface area contributed by atoms with E-state index in [-0.39, 0.29) is 0 Å². The summed E-state index contributed by atoms with van der Waals surface area (Å²) in [6, 6.07) is 6.12. The Hall–Kier alpha value is -1.13. The van der Waals surface area contributed by atoms with Crippen LogP contribution in [0.1, 0.15) is 37.3 Å². The number of nitrogens with zero attached hydrogens (tertiary/aromatic N) is 1. The van der Waals surface area contributed by atoms with Crippen LogP contribution in [0.25, 0.3) is 0 Å². The molecule has 1 aromatic rings. The highest BCUT2D eigenvalue weighted by atomic mass is 32.1. The predicted molar refractivity (Wildman–Crippen MR) is 87.2 cm³/mol.